The molecule has 0 saturated carbocycles. The van der Waals surface area contributed by atoms with Gasteiger partial charge in [-0.25, -0.2) is 4.39 Å². The Morgan fingerprint density at radius 1 is 1.00 bits per heavy atom. The molecular formula is C16H20FN3. The highest BCUT2D eigenvalue weighted by atomic mass is 19.1. The molecule has 0 aliphatic heterocycles. The van der Waals surface area contributed by atoms with Gasteiger partial charge in [-0.3, -0.25) is 4.98 Å². The van der Waals surface area contributed by atoms with Gasteiger partial charge in [0.05, 0.1) is 23.8 Å². The van der Waals surface area contributed by atoms with Crippen LogP contribution in [-0.4, -0.2) is 11.5 Å². The van der Waals surface area contributed by atoms with Crippen molar-refractivity contribution in [2.75, 3.05) is 17.2 Å². The summed E-state index contributed by atoms with van der Waals surface area (Å²) in [5, 5.41) is 6.53. The number of anilines is 2. The predicted octanol–water partition coefficient (Wildman–Crippen LogP) is 3.88. The van der Waals surface area contributed by atoms with Crippen molar-refractivity contribution in [1.29, 1.82) is 0 Å². The molecule has 2 N–H and O–H groups in total. The lowest BCUT2D eigenvalue weighted by Crippen LogP contribution is -2.03. The van der Waals surface area contributed by atoms with E-state index in [1.807, 2.05) is 25.1 Å². The van der Waals surface area contributed by atoms with E-state index in [-0.39, 0.29) is 5.82 Å². The van der Waals surface area contributed by atoms with Crippen LogP contribution in [0.25, 0.3) is 0 Å². The number of hydrogen-bond donors (Lipinski definition) is 2. The van der Waals surface area contributed by atoms with Crippen LogP contribution in [-0.2, 0) is 6.54 Å². The monoisotopic (exact) mass is 273 g/mol. The Balaban J connectivity index is 2.07. The van der Waals surface area contributed by atoms with E-state index in [4.69, 9.17) is 0 Å². The van der Waals surface area contributed by atoms with Crippen LogP contribution in [0.15, 0.2) is 30.6 Å². The Morgan fingerprint density at radius 2 is 1.60 bits per heavy atom. The van der Waals surface area contributed by atoms with Gasteiger partial charge in [-0.2, -0.15) is 0 Å². The van der Waals surface area contributed by atoms with Crippen molar-refractivity contribution in [2.24, 2.45) is 0 Å². The molecule has 1 heterocycles. The maximum absolute atomic E-state index is 13.6. The fraction of sp³-hybridized carbons (Fsp3) is 0.312. The zero-order chi connectivity index (χ0) is 14.5. The molecular weight excluding hydrogens is 253 g/mol. The molecule has 1 aromatic heterocycles. The Bertz CT molecular complexity index is 573. The smallest absolute Gasteiger partial charge is 0.129 e. The second-order valence-corrected chi connectivity index (χ2v) is 4.89. The fourth-order valence-corrected chi connectivity index (χ4v) is 2.18. The number of aromatic nitrogens is 1. The first-order valence-corrected chi connectivity index (χ1v) is 6.78. The lowest BCUT2D eigenvalue weighted by molar-refractivity contribution is 0.608. The minimum absolute atomic E-state index is 0.121. The number of benzene rings is 1. The van der Waals surface area contributed by atoms with Gasteiger partial charge in [0.2, 0.25) is 0 Å². The highest BCUT2D eigenvalue weighted by Gasteiger charge is 2.04. The number of aryl methyl sites for hydroxylation is 2. The first-order valence-electron chi connectivity index (χ1n) is 6.78. The number of nitrogens with zero attached hydrogens (tertiary/aromatic N) is 1. The quantitative estimate of drug-likeness (QED) is 0.868. The molecule has 0 fully saturated rings. The maximum atomic E-state index is 13.6. The van der Waals surface area contributed by atoms with Gasteiger partial charge in [-0.1, -0.05) is 12.1 Å². The third-order valence-electron chi connectivity index (χ3n) is 3.11. The summed E-state index contributed by atoms with van der Waals surface area (Å²) in [4.78, 5) is 4.18. The summed E-state index contributed by atoms with van der Waals surface area (Å²) >= 11 is 0. The molecule has 0 aliphatic rings. The maximum Gasteiger partial charge on any atom is 0.129 e. The van der Waals surface area contributed by atoms with E-state index in [0.29, 0.717) is 17.7 Å². The lowest BCUT2D eigenvalue weighted by atomic mass is 10.1. The summed E-state index contributed by atoms with van der Waals surface area (Å²) in [5.74, 6) is -0.121. The van der Waals surface area contributed by atoms with Gasteiger partial charge >= 0.3 is 0 Å². The average molecular weight is 273 g/mol. The molecule has 2 rings (SSSR count). The van der Waals surface area contributed by atoms with E-state index in [1.54, 1.807) is 26.2 Å². The summed E-state index contributed by atoms with van der Waals surface area (Å²) in [7, 11) is 0. The van der Waals surface area contributed by atoms with Crippen molar-refractivity contribution in [3.8, 4) is 0 Å². The molecule has 0 bridgehead atoms. The Labute approximate surface area is 119 Å². The van der Waals surface area contributed by atoms with Gasteiger partial charge in [0.25, 0.3) is 0 Å². The van der Waals surface area contributed by atoms with E-state index in [1.165, 1.54) is 0 Å². The molecule has 3 nitrogen and oxygen atoms in total. The third kappa shape index (κ3) is 3.47. The highest BCUT2D eigenvalue weighted by molar-refractivity contribution is 5.54. The molecule has 20 heavy (non-hydrogen) atoms. The summed E-state index contributed by atoms with van der Waals surface area (Å²) in [6.45, 7) is 7.14. The predicted molar refractivity (Wildman–Crippen MR) is 81.6 cm³/mol. The van der Waals surface area contributed by atoms with Crippen molar-refractivity contribution in [2.45, 2.75) is 27.3 Å². The minimum Gasteiger partial charge on any atom is -0.384 e. The van der Waals surface area contributed by atoms with Crippen LogP contribution < -0.4 is 10.6 Å². The lowest BCUT2D eigenvalue weighted by Gasteiger charge is -2.10. The standard InChI is InChI=1S/C16H20FN3/c1-4-19-14-7-15(10-18-9-14)20-8-13-5-11(2)16(17)12(3)6-13/h5-7,9-10,19-20H,4,8H2,1-3H3. The number of hydrogen-bond acceptors (Lipinski definition) is 3. The van der Waals surface area contributed by atoms with Gasteiger partial charge in [-0.15, -0.1) is 0 Å². The van der Waals surface area contributed by atoms with Gasteiger partial charge < -0.3 is 10.6 Å². The van der Waals surface area contributed by atoms with Crippen LogP contribution >= 0.6 is 0 Å². The fourth-order valence-electron chi connectivity index (χ4n) is 2.18. The van der Waals surface area contributed by atoms with Crippen LogP contribution in [0.3, 0.4) is 0 Å². The van der Waals surface area contributed by atoms with Crippen LogP contribution in [0.5, 0.6) is 0 Å². The van der Waals surface area contributed by atoms with Crippen molar-refractivity contribution < 1.29 is 4.39 Å². The Kier molecular flexibility index (Phi) is 4.56. The zero-order valence-corrected chi connectivity index (χ0v) is 12.1. The average Bonchev–Trinajstić information content (AvgIpc) is 2.43. The van der Waals surface area contributed by atoms with Crippen LogP contribution in [0.4, 0.5) is 15.8 Å². The van der Waals surface area contributed by atoms with Crippen LogP contribution in [0.1, 0.15) is 23.6 Å². The van der Waals surface area contributed by atoms with Crippen LogP contribution in [0, 0.1) is 19.7 Å². The minimum atomic E-state index is -0.121. The molecule has 0 saturated heterocycles. The van der Waals surface area contributed by atoms with E-state index >= 15 is 0 Å². The number of nitrogens with one attached hydrogen (secondary N) is 2. The summed E-state index contributed by atoms with van der Waals surface area (Å²) in [5.41, 5.74) is 4.37. The highest BCUT2D eigenvalue weighted by Crippen LogP contribution is 2.17. The first-order chi connectivity index (χ1) is 9.60. The molecule has 0 amide bonds. The van der Waals surface area contributed by atoms with Crippen molar-refractivity contribution >= 4 is 11.4 Å². The number of rotatable bonds is 5. The second kappa shape index (κ2) is 6.37. The molecule has 0 radical (unpaired) electrons. The molecule has 0 unspecified atom stereocenters. The van der Waals surface area contributed by atoms with Gasteiger partial charge in [0.15, 0.2) is 0 Å². The number of pyridine rings is 1. The summed E-state index contributed by atoms with van der Waals surface area (Å²) < 4.78 is 13.6. The summed E-state index contributed by atoms with van der Waals surface area (Å²) in [6, 6.07) is 5.76. The topological polar surface area (TPSA) is 37.0 Å². The second-order valence-electron chi connectivity index (χ2n) is 4.89. The molecule has 1 aromatic carbocycles. The Morgan fingerprint density at radius 3 is 2.20 bits per heavy atom. The summed E-state index contributed by atoms with van der Waals surface area (Å²) in [6.07, 6.45) is 3.57. The van der Waals surface area contributed by atoms with Crippen LogP contribution in [0.2, 0.25) is 0 Å². The number of halogens is 1. The van der Waals surface area contributed by atoms with E-state index < -0.39 is 0 Å². The SMILES string of the molecule is CCNc1cncc(NCc2cc(C)c(F)c(C)c2)c1. The van der Waals surface area contributed by atoms with E-state index in [0.717, 1.165) is 23.5 Å². The third-order valence-corrected chi connectivity index (χ3v) is 3.11. The van der Waals surface area contributed by atoms with Gasteiger partial charge in [-0.05, 0) is 43.5 Å². The van der Waals surface area contributed by atoms with Gasteiger partial charge in [0.1, 0.15) is 5.82 Å². The van der Waals surface area contributed by atoms with E-state index in [2.05, 4.69) is 15.6 Å². The molecule has 0 aliphatic carbocycles. The molecule has 2 aromatic rings. The molecule has 4 heteroatoms. The molecule has 0 atom stereocenters. The largest absolute Gasteiger partial charge is 0.384 e. The molecule has 0 spiro atoms. The Hall–Kier alpha value is -2.10. The normalized spacial score (nSPS) is 10.4. The van der Waals surface area contributed by atoms with Gasteiger partial charge in [0, 0.05) is 13.1 Å². The molecule has 106 valence electrons. The first kappa shape index (κ1) is 14.3. The van der Waals surface area contributed by atoms with Crippen molar-refractivity contribution in [3.05, 3.63) is 53.1 Å². The van der Waals surface area contributed by atoms with Crippen molar-refractivity contribution in [1.82, 2.24) is 4.98 Å². The van der Waals surface area contributed by atoms with E-state index in [9.17, 15) is 4.39 Å². The van der Waals surface area contributed by atoms with Crippen molar-refractivity contribution in [3.63, 3.8) is 0 Å². The zero-order valence-electron chi connectivity index (χ0n) is 12.1.